The first kappa shape index (κ1) is 18.1. The molecule has 7 nitrogen and oxygen atoms in total. The van der Waals surface area contributed by atoms with Gasteiger partial charge in [0.25, 0.3) is 5.91 Å². The lowest BCUT2D eigenvalue weighted by Gasteiger charge is -2.11. The summed E-state index contributed by atoms with van der Waals surface area (Å²) in [6.45, 7) is 0. The van der Waals surface area contributed by atoms with Crippen molar-refractivity contribution in [1.29, 1.82) is 0 Å². The molecule has 0 saturated heterocycles. The van der Waals surface area contributed by atoms with Gasteiger partial charge in [-0.1, -0.05) is 0 Å². The minimum absolute atomic E-state index is 0.114. The highest BCUT2D eigenvalue weighted by Crippen LogP contribution is 2.28. The normalized spacial score (nSPS) is 9.92. The lowest BCUT2D eigenvalue weighted by Crippen LogP contribution is -2.14. The van der Waals surface area contributed by atoms with Crippen LogP contribution in [-0.2, 0) is 4.74 Å². The standard InChI is InChI=1S/C17H17FN2O5/c1-23-14-7-4-10(8-15(14)24-2)16(21)19-11-5-6-12(18)13(9-11)20-17(22)25-3/h4-9H,1-3H3,(H,19,21)(H,20,22). The molecule has 0 saturated carbocycles. The second-order valence-corrected chi connectivity index (χ2v) is 4.84. The van der Waals surface area contributed by atoms with Gasteiger partial charge in [0, 0.05) is 11.3 Å². The molecule has 132 valence electrons. The Labute approximate surface area is 143 Å². The Morgan fingerprint density at radius 3 is 2.28 bits per heavy atom. The van der Waals surface area contributed by atoms with E-state index in [1.54, 1.807) is 12.1 Å². The summed E-state index contributed by atoms with van der Waals surface area (Å²) < 4.78 is 28.4. The summed E-state index contributed by atoms with van der Waals surface area (Å²) in [6.07, 6.45) is -0.817. The minimum atomic E-state index is -0.817. The maximum Gasteiger partial charge on any atom is 0.411 e. The van der Waals surface area contributed by atoms with Crippen LogP contribution in [0.1, 0.15) is 10.4 Å². The van der Waals surface area contributed by atoms with Gasteiger partial charge in [-0.05, 0) is 36.4 Å². The maximum atomic E-state index is 13.7. The third kappa shape index (κ3) is 4.37. The van der Waals surface area contributed by atoms with Crippen molar-refractivity contribution in [3.05, 3.63) is 47.8 Å². The minimum Gasteiger partial charge on any atom is -0.493 e. The van der Waals surface area contributed by atoms with E-state index in [-0.39, 0.29) is 5.69 Å². The van der Waals surface area contributed by atoms with Crippen molar-refractivity contribution in [2.45, 2.75) is 0 Å². The molecule has 0 fully saturated rings. The third-order valence-electron chi connectivity index (χ3n) is 3.29. The van der Waals surface area contributed by atoms with Gasteiger partial charge in [-0.2, -0.15) is 0 Å². The van der Waals surface area contributed by atoms with E-state index in [9.17, 15) is 14.0 Å². The van der Waals surface area contributed by atoms with Crippen LogP contribution in [-0.4, -0.2) is 33.3 Å². The molecule has 8 heteroatoms. The van der Waals surface area contributed by atoms with Crippen LogP contribution in [0.25, 0.3) is 0 Å². The van der Waals surface area contributed by atoms with Gasteiger partial charge in [-0.25, -0.2) is 9.18 Å². The third-order valence-corrected chi connectivity index (χ3v) is 3.29. The fraction of sp³-hybridized carbons (Fsp3) is 0.176. The van der Waals surface area contributed by atoms with E-state index in [1.807, 2.05) is 0 Å². The quantitative estimate of drug-likeness (QED) is 0.866. The van der Waals surface area contributed by atoms with Gasteiger partial charge < -0.3 is 19.5 Å². The molecule has 0 aliphatic heterocycles. The molecule has 2 aromatic rings. The highest BCUT2D eigenvalue weighted by atomic mass is 19.1. The van der Waals surface area contributed by atoms with Crippen LogP contribution in [0.3, 0.4) is 0 Å². The first-order chi connectivity index (χ1) is 12.0. The molecular weight excluding hydrogens is 331 g/mol. The Hall–Kier alpha value is -3.29. The highest BCUT2D eigenvalue weighted by molar-refractivity contribution is 6.05. The monoisotopic (exact) mass is 348 g/mol. The molecule has 2 aromatic carbocycles. The summed E-state index contributed by atoms with van der Waals surface area (Å²) in [5.74, 6) is -0.196. The summed E-state index contributed by atoms with van der Waals surface area (Å²) in [7, 11) is 4.12. The fourth-order valence-electron chi connectivity index (χ4n) is 2.04. The van der Waals surface area contributed by atoms with Crippen molar-refractivity contribution in [1.82, 2.24) is 0 Å². The van der Waals surface area contributed by atoms with Gasteiger partial charge in [0.1, 0.15) is 5.82 Å². The molecule has 0 spiro atoms. The predicted octanol–water partition coefficient (Wildman–Crippen LogP) is 3.27. The number of anilines is 2. The van der Waals surface area contributed by atoms with Gasteiger partial charge in [0.05, 0.1) is 27.0 Å². The number of benzene rings is 2. The Morgan fingerprint density at radius 1 is 0.920 bits per heavy atom. The van der Waals surface area contributed by atoms with Crippen LogP contribution in [0.5, 0.6) is 11.5 Å². The summed E-state index contributed by atoms with van der Waals surface area (Å²) in [4.78, 5) is 23.5. The first-order valence-corrected chi connectivity index (χ1v) is 7.16. The molecule has 2 rings (SSSR count). The van der Waals surface area contributed by atoms with E-state index in [4.69, 9.17) is 9.47 Å². The Balaban J connectivity index is 2.20. The molecular formula is C17H17FN2O5. The maximum absolute atomic E-state index is 13.7. The SMILES string of the molecule is COC(=O)Nc1cc(NC(=O)c2ccc(OC)c(OC)c2)ccc1F. The van der Waals surface area contributed by atoms with E-state index in [1.165, 1.54) is 32.4 Å². The van der Waals surface area contributed by atoms with Crippen molar-refractivity contribution in [3.8, 4) is 11.5 Å². The van der Waals surface area contributed by atoms with Crippen molar-refractivity contribution < 1.29 is 28.2 Å². The van der Waals surface area contributed by atoms with Crippen molar-refractivity contribution in [2.75, 3.05) is 32.0 Å². The number of methoxy groups -OCH3 is 3. The number of ether oxygens (including phenoxy) is 3. The second kappa shape index (κ2) is 8.00. The number of nitrogens with one attached hydrogen (secondary N) is 2. The van der Waals surface area contributed by atoms with Crippen molar-refractivity contribution in [2.24, 2.45) is 0 Å². The zero-order chi connectivity index (χ0) is 18.4. The topological polar surface area (TPSA) is 85.9 Å². The molecule has 0 aliphatic carbocycles. The van der Waals surface area contributed by atoms with Crippen LogP contribution >= 0.6 is 0 Å². The van der Waals surface area contributed by atoms with E-state index in [0.29, 0.717) is 22.7 Å². The van der Waals surface area contributed by atoms with Gasteiger partial charge >= 0.3 is 6.09 Å². The first-order valence-electron chi connectivity index (χ1n) is 7.16. The zero-order valence-corrected chi connectivity index (χ0v) is 13.9. The molecule has 0 unspecified atom stereocenters. The molecule has 0 heterocycles. The summed E-state index contributed by atoms with van der Waals surface area (Å²) in [5.41, 5.74) is 0.508. The summed E-state index contributed by atoms with van der Waals surface area (Å²) >= 11 is 0. The van der Waals surface area contributed by atoms with Gasteiger partial charge in [0.2, 0.25) is 0 Å². The Morgan fingerprint density at radius 2 is 1.64 bits per heavy atom. The van der Waals surface area contributed by atoms with Gasteiger partial charge in [0.15, 0.2) is 11.5 Å². The van der Waals surface area contributed by atoms with Crippen LogP contribution in [0.15, 0.2) is 36.4 Å². The Kier molecular flexibility index (Phi) is 5.78. The average molecular weight is 348 g/mol. The van der Waals surface area contributed by atoms with Crippen molar-refractivity contribution in [3.63, 3.8) is 0 Å². The van der Waals surface area contributed by atoms with Crippen LogP contribution in [0.4, 0.5) is 20.6 Å². The largest absolute Gasteiger partial charge is 0.493 e. The molecule has 2 N–H and O–H groups in total. The smallest absolute Gasteiger partial charge is 0.411 e. The molecule has 25 heavy (non-hydrogen) atoms. The lowest BCUT2D eigenvalue weighted by atomic mass is 10.1. The number of carbonyl (C=O) groups excluding carboxylic acids is 2. The van der Waals surface area contributed by atoms with Gasteiger partial charge in [-0.3, -0.25) is 10.1 Å². The molecule has 2 amide bonds. The predicted molar refractivity (Wildman–Crippen MR) is 89.9 cm³/mol. The summed E-state index contributed by atoms with van der Waals surface area (Å²) in [5, 5.41) is 4.83. The van der Waals surface area contributed by atoms with Crippen LogP contribution in [0, 0.1) is 5.82 Å². The second-order valence-electron chi connectivity index (χ2n) is 4.84. The lowest BCUT2D eigenvalue weighted by molar-refractivity contribution is 0.102. The zero-order valence-electron chi connectivity index (χ0n) is 13.9. The van der Waals surface area contributed by atoms with E-state index < -0.39 is 17.8 Å². The molecule has 0 aromatic heterocycles. The number of carbonyl (C=O) groups is 2. The number of halogens is 1. The molecule has 0 bridgehead atoms. The molecule has 0 radical (unpaired) electrons. The Bertz CT molecular complexity index is 795. The van der Waals surface area contributed by atoms with Crippen molar-refractivity contribution >= 4 is 23.4 Å². The van der Waals surface area contributed by atoms with E-state index in [2.05, 4.69) is 15.4 Å². The number of hydrogen-bond acceptors (Lipinski definition) is 5. The molecule has 0 atom stereocenters. The highest BCUT2D eigenvalue weighted by Gasteiger charge is 2.13. The van der Waals surface area contributed by atoms with Gasteiger partial charge in [-0.15, -0.1) is 0 Å². The number of amides is 2. The average Bonchev–Trinajstić information content (AvgIpc) is 2.63. The van der Waals surface area contributed by atoms with Crippen LogP contribution < -0.4 is 20.1 Å². The number of hydrogen-bond donors (Lipinski definition) is 2. The fourth-order valence-corrected chi connectivity index (χ4v) is 2.04. The molecule has 0 aliphatic rings. The number of rotatable bonds is 5. The van der Waals surface area contributed by atoms with E-state index in [0.717, 1.165) is 13.2 Å². The van der Waals surface area contributed by atoms with E-state index >= 15 is 0 Å². The summed E-state index contributed by atoms with van der Waals surface area (Å²) in [6, 6.07) is 8.46. The van der Waals surface area contributed by atoms with Crippen LogP contribution in [0.2, 0.25) is 0 Å².